The summed E-state index contributed by atoms with van der Waals surface area (Å²) < 4.78 is 69.7. The highest BCUT2D eigenvalue weighted by Crippen LogP contribution is 2.48. The van der Waals surface area contributed by atoms with Gasteiger partial charge in [0.15, 0.2) is 0 Å². The minimum absolute atomic E-state index is 0.0236. The van der Waals surface area contributed by atoms with E-state index >= 15 is 0 Å². The number of aromatic nitrogens is 2. The Labute approximate surface area is 264 Å². The fourth-order valence-corrected chi connectivity index (χ4v) is 5.87. The summed E-state index contributed by atoms with van der Waals surface area (Å²) in [4.78, 5) is 34.8. The van der Waals surface area contributed by atoms with Crippen molar-refractivity contribution in [3.63, 3.8) is 0 Å². The SMILES string of the molecule is Cc1ncc(-c2cc(C(=O)NCC(O)(c3cc4c(c(-c5ccc(F)cc5)n3)OC[C@]4(C)C(N)=O)C(F)(F)F)ccc2OC2CC2)s1. The molecular weight excluding hydrogens is 628 g/mol. The topological polar surface area (TPSA) is 137 Å². The molecule has 2 amide bonds. The lowest BCUT2D eigenvalue weighted by Gasteiger charge is -2.31. The molecule has 2 aromatic carbocycles. The number of hydrogen-bond donors (Lipinski definition) is 3. The number of hydrogen-bond acceptors (Lipinski definition) is 8. The molecule has 46 heavy (non-hydrogen) atoms. The number of nitrogens with zero attached hydrogens (tertiary/aromatic N) is 2. The van der Waals surface area contributed by atoms with Crippen LogP contribution in [0.15, 0.2) is 54.7 Å². The molecule has 1 fully saturated rings. The van der Waals surface area contributed by atoms with Crippen molar-refractivity contribution in [2.45, 2.75) is 50.0 Å². The second-order valence-electron chi connectivity index (χ2n) is 11.5. The standard InChI is InChI=1S/C32H28F4N4O5S/c1-16-38-13-24(46-16)21-11-18(5-10-23(21)45-20-8-9-20)28(41)39-14-31(43,32(34,35)36)25-12-22-27(44-15-30(22,2)29(37)42)26(40-25)17-3-6-19(33)7-4-17/h3-7,10-13,20,43H,8-9,14-15H2,1-2H3,(H2,37,42)(H,39,41)/t30-,31?/m0/s1. The largest absolute Gasteiger partial charge is 0.490 e. The van der Waals surface area contributed by atoms with Crippen molar-refractivity contribution in [2.24, 2.45) is 5.73 Å². The van der Waals surface area contributed by atoms with Crippen molar-refractivity contribution in [2.75, 3.05) is 13.2 Å². The highest BCUT2D eigenvalue weighted by molar-refractivity contribution is 7.15. The smallest absolute Gasteiger partial charge is 0.424 e. The highest BCUT2D eigenvalue weighted by atomic mass is 32.1. The van der Waals surface area contributed by atoms with Gasteiger partial charge in [-0.3, -0.25) is 9.59 Å². The van der Waals surface area contributed by atoms with Gasteiger partial charge in [0.25, 0.3) is 5.91 Å². The van der Waals surface area contributed by atoms with Crippen LogP contribution >= 0.6 is 11.3 Å². The average Bonchev–Trinajstić information content (AvgIpc) is 3.62. The van der Waals surface area contributed by atoms with Crippen LogP contribution in [0.5, 0.6) is 11.5 Å². The second-order valence-corrected chi connectivity index (χ2v) is 12.8. The number of carbonyl (C=O) groups excluding carboxylic acids is 2. The van der Waals surface area contributed by atoms with E-state index in [2.05, 4.69) is 15.3 Å². The molecule has 0 saturated heterocycles. The van der Waals surface area contributed by atoms with Gasteiger partial charge in [0.1, 0.15) is 35.0 Å². The first-order valence-electron chi connectivity index (χ1n) is 14.2. The van der Waals surface area contributed by atoms with Gasteiger partial charge in [0.2, 0.25) is 11.5 Å². The van der Waals surface area contributed by atoms with Crippen molar-refractivity contribution in [1.29, 1.82) is 0 Å². The van der Waals surface area contributed by atoms with Gasteiger partial charge in [0.05, 0.1) is 28.2 Å². The normalized spacial score (nSPS) is 18.8. The summed E-state index contributed by atoms with van der Waals surface area (Å²) in [5, 5.41) is 14.3. The molecule has 1 saturated carbocycles. The zero-order chi connectivity index (χ0) is 33.0. The molecule has 1 unspecified atom stereocenters. The summed E-state index contributed by atoms with van der Waals surface area (Å²) in [6.07, 6.45) is -1.89. The van der Waals surface area contributed by atoms with Gasteiger partial charge in [-0.15, -0.1) is 11.3 Å². The number of aryl methyl sites for hydroxylation is 1. The third kappa shape index (κ3) is 5.66. The van der Waals surface area contributed by atoms with Crippen LogP contribution in [-0.4, -0.2) is 52.3 Å². The molecule has 2 atom stereocenters. The number of alkyl halides is 3. The molecule has 0 bridgehead atoms. The predicted octanol–water partition coefficient (Wildman–Crippen LogP) is 5.18. The Kier molecular flexibility index (Phi) is 7.75. The number of pyridine rings is 1. The predicted molar refractivity (Wildman–Crippen MR) is 160 cm³/mol. The molecule has 9 nitrogen and oxygen atoms in total. The van der Waals surface area contributed by atoms with E-state index in [4.69, 9.17) is 15.2 Å². The Morgan fingerprint density at radius 1 is 1.17 bits per heavy atom. The maximum absolute atomic E-state index is 14.8. The number of halogens is 4. The Balaban J connectivity index is 1.37. The van der Waals surface area contributed by atoms with Gasteiger partial charge in [-0.25, -0.2) is 14.4 Å². The molecule has 14 heteroatoms. The molecule has 3 heterocycles. The number of benzene rings is 2. The number of fused-ring (bicyclic) bond motifs is 1. The van der Waals surface area contributed by atoms with E-state index in [1.165, 1.54) is 42.5 Å². The maximum Gasteiger partial charge on any atom is 0.424 e. The van der Waals surface area contributed by atoms with E-state index in [0.717, 1.165) is 36.0 Å². The number of nitrogens with one attached hydrogen (secondary N) is 1. The molecule has 2 aliphatic rings. The number of ether oxygens (including phenoxy) is 2. The van der Waals surface area contributed by atoms with Gasteiger partial charge in [-0.05, 0) is 75.2 Å². The number of rotatable bonds is 9. The van der Waals surface area contributed by atoms with Gasteiger partial charge in [-0.1, -0.05) is 0 Å². The zero-order valence-electron chi connectivity index (χ0n) is 24.6. The lowest BCUT2D eigenvalue weighted by Crippen LogP contribution is -2.51. The molecule has 1 aliphatic heterocycles. The number of primary amides is 1. The van der Waals surface area contributed by atoms with Crippen LogP contribution in [0.2, 0.25) is 0 Å². The first-order valence-corrected chi connectivity index (χ1v) is 15.1. The summed E-state index contributed by atoms with van der Waals surface area (Å²) in [5.74, 6) is -1.88. The average molecular weight is 657 g/mol. The Morgan fingerprint density at radius 3 is 2.50 bits per heavy atom. The number of amides is 2. The molecule has 2 aromatic heterocycles. The summed E-state index contributed by atoms with van der Waals surface area (Å²) >= 11 is 1.37. The van der Waals surface area contributed by atoms with Gasteiger partial charge in [-0.2, -0.15) is 13.2 Å². The van der Waals surface area contributed by atoms with Crippen molar-refractivity contribution < 1.29 is 41.7 Å². The maximum atomic E-state index is 14.8. The van der Waals surface area contributed by atoms with Crippen molar-refractivity contribution in [1.82, 2.24) is 15.3 Å². The third-order valence-electron chi connectivity index (χ3n) is 8.08. The van der Waals surface area contributed by atoms with E-state index in [0.29, 0.717) is 16.2 Å². The lowest BCUT2D eigenvalue weighted by molar-refractivity contribution is -0.265. The first-order chi connectivity index (χ1) is 21.7. The minimum atomic E-state index is -5.35. The van der Waals surface area contributed by atoms with Crippen LogP contribution in [0.25, 0.3) is 21.7 Å². The Morgan fingerprint density at radius 2 is 1.89 bits per heavy atom. The van der Waals surface area contributed by atoms with Crippen LogP contribution in [0, 0.1) is 12.7 Å². The summed E-state index contributed by atoms with van der Waals surface area (Å²) in [6.45, 7) is 1.59. The molecule has 240 valence electrons. The van der Waals surface area contributed by atoms with Gasteiger partial charge >= 0.3 is 6.18 Å². The molecular formula is C32H28F4N4O5S. The fraction of sp³-hybridized carbons (Fsp3) is 0.312. The summed E-state index contributed by atoms with van der Waals surface area (Å²) in [5.41, 5.74) is -0.0230. The lowest BCUT2D eigenvalue weighted by atomic mass is 9.81. The molecule has 1 aliphatic carbocycles. The first kappa shape index (κ1) is 31.4. The third-order valence-corrected chi connectivity index (χ3v) is 9.02. The number of thiazole rings is 1. The number of aliphatic hydroxyl groups is 1. The number of nitrogens with two attached hydrogens (primary N) is 1. The van der Waals surface area contributed by atoms with Gasteiger partial charge < -0.3 is 25.6 Å². The summed E-state index contributed by atoms with van der Waals surface area (Å²) in [7, 11) is 0. The van der Waals surface area contributed by atoms with Crippen molar-refractivity contribution in [3.8, 4) is 33.2 Å². The van der Waals surface area contributed by atoms with E-state index in [1.54, 1.807) is 12.3 Å². The highest BCUT2D eigenvalue weighted by Gasteiger charge is 2.57. The fourth-order valence-electron chi connectivity index (χ4n) is 5.07. The van der Waals surface area contributed by atoms with Crippen LogP contribution < -0.4 is 20.5 Å². The van der Waals surface area contributed by atoms with E-state index in [1.807, 2.05) is 6.92 Å². The zero-order valence-corrected chi connectivity index (χ0v) is 25.4. The van der Waals surface area contributed by atoms with Gasteiger partial charge in [0, 0.05) is 28.5 Å². The monoisotopic (exact) mass is 656 g/mol. The molecule has 4 N–H and O–H groups in total. The van der Waals surface area contributed by atoms with Crippen LogP contribution in [0.3, 0.4) is 0 Å². The molecule has 0 spiro atoms. The van der Waals surface area contributed by atoms with Crippen LogP contribution in [0.4, 0.5) is 17.6 Å². The Hall–Kier alpha value is -4.56. The summed E-state index contributed by atoms with van der Waals surface area (Å²) in [6, 6.07) is 10.1. The Bertz CT molecular complexity index is 1840. The van der Waals surface area contributed by atoms with Crippen LogP contribution in [0.1, 0.15) is 46.4 Å². The van der Waals surface area contributed by atoms with E-state index in [9.17, 15) is 32.3 Å². The molecule has 4 aromatic rings. The van der Waals surface area contributed by atoms with E-state index in [-0.39, 0.29) is 40.8 Å². The second kappa shape index (κ2) is 11.4. The molecule has 6 rings (SSSR count). The number of carbonyl (C=O) groups is 2. The molecule has 0 radical (unpaired) electrons. The minimum Gasteiger partial charge on any atom is -0.490 e. The van der Waals surface area contributed by atoms with Crippen molar-refractivity contribution >= 4 is 23.2 Å². The van der Waals surface area contributed by atoms with Crippen LogP contribution in [-0.2, 0) is 15.8 Å². The van der Waals surface area contributed by atoms with Crippen molar-refractivity contribution in [3.05, 3.63) is 82.4 Å². The quantitative estimate of drug-likeness (QED) is 0.211. The van der Waals surface area contributed by atoms with E-state index < -0.39 is 47.1 Å².